The molecule has 0 saturated heterocycles. The summed E-state index contributed by atoms with van der Waals surface area (Å²) >= 11 is 0. The zero-order valence-electron chi connectivity index (χ0n) is 12.0. The van der Waals surface area contributed by atoms with Crippen molar-refractivity contribution in [2.45, 2.75) is 23.8 Å². The van der Waals surface area contributed by atoms with Crippen molar-refractivity contribution in [3.63, 3.8) is 0 Å². The van der Waals surface area contributed by atoms with Crippen LogP contribution in [0.3, 0.4) is 0 Å². The molecule has 7 nitrogen and oxygen atoms in total. The van der Waals surface area contributed by atoms with E-state index in [2.05, 4.69) is 4.72 Å². The largest absolute Gasteiger partial charge is 0.508 e. The van der Waals surface area contributed by atoms with Crippen molar-refractivity contribution < 1.29 is 18.4 Å². The summed E-state index contributed by atoms with van der Waals surface area (Å²) in [5, 5.41) is 20.1. The molecule has 8 heteroatoms. The number of phenols is 1. The molecular formula is C15H14N2O5S. The number of hydrogen-bond donors (Lipinski definition) is 2. The molecule has 0 bridgehead atoms. The van der Waals surface area contributed by atoms with Crippen LogP contribution in [0.25, 0.3) is 0 Å². The van der Waals surface area contributed by atoms with Gasteiger partial charge in [-0.2, -0.15) is 0 Å². The van der Waals surface area contributed by atoms with Crippen molar-refractivity contribution in [1.29, 1.82) is 0 Å². The zero-order chi connectivity index (χ0) is 16.6. The van der Waals surface area contributed by atoms with E-state index in [1.54, 1.807) is 6.07 Å². The maximum absolute atomic E-state index is 12.4. The molecule has 0 aliphatic heterocycles. The number of phenolic OH excluding ortho intramolecular Hbond substituents is 1. The van der Waals surface area contributed by atoms with Crippen LogP contribution in [0, 0.1) is 10.1 Å². The molecule has 0 fully saturated rings. The van der Waals surface area contributed by atoms with Gasteiger partial charge in [-0.15, -0.1) is 0 Å². The lowest BCUT2D eigenvalue weighted by Gasteiger charge is -2.14. The number of aromatic hydroxyl groups is 1. The summed E-state index contributed by atoms with van der Waals surface area (Å²) in [5.74, 6) is -0.0224. The minimum Gasteiger partial charge on any atom is -0.508 e. The molecule has 1 aliphatic rings. The highest BCUT2D eigenvalue weighted by Gasteiger charge is 2.29. The highest BCUT2D eigenvalue weighted by molar-refractivity contribution is 7.89. The molecule has 1 aliphatic carbocycles. The van der Waals surface area contributed by atoms with Crippen LogP contribution in [0.15, 0.2) is 47.4 Å². The lowest BCUT2D eigenvalue weighted by atomic mass is 10.1. The quantitative estimate of drug-likeness (QED) is 0.658. The van der Waals surface area contributed by atoms with E-state index in [-0.39, 0.29) is 16.3 Å². The van der Waals surface area contributed by atoms with Gasteiger partial charge < -0.3 is 5.11 Å². The number of nitro groups is 1. The van der Waals surface area contributed by atoms with Crippen molar-refractivity contribution in [2.24, 2.45) is 0 Å². The minimum atomic E-state index is -3.77. The molecule has 1 atom stereocenters. The van der Waals surface area contributed by atoms with Gasteiger partial charge in [0.05, 0.1) is 9.82 Å². The fourth-order valence-electron chi connectivity index (χ4n) is 2.71. The molecule has 2 aromatic carbocycles. The Kier molecular flexibility index (Phi) is 3.78. The van der Waals surface area contributed by atoms with E-state index in [0.717, 1.165) is 5.56 Å². The van der Waals surface area contributed by atoms with E-state index in [9.17, 15) is 23.6 Å². The number of rotatable bonds is 4. The molecular weight excluding hydrogens is 320 g/mol. The number of sulfonamides is 1. The molecule has 0 saturated carbocycles. The number of nitrogens with one attached hydrogen (secondary N) is 1. The van der Waals surface area contributed by atoms with Gasteiger partial charge in [0, 0.05) is 18.2 Å². The number of hydrogen-bond acceptors (Lipinski definition) is 5. The standard InChI is InChI=1S/C15H14N2O5S/c18-12-4-6-13(7-5-12)23(21,22)16-15-8-2-10-1-3-11(17(19)20)9-14(10)15/h1,3-7,9,15-16,18H,2,8H2. The Hall–Kier alpha value is -2.45. The summed E-state index contributed by atoms with van der Waals surface area (Å²) in [7, 11) is -3.77. The molecule has 0 spiro atoms. The van der Waals surface area contributed by atoms with Crippen molar-refractivity contribution >= 4 is 15.7 Å². The molecule has 3 rings (SSSR count). The summed E-state index contributed by atoms with van der Waals surface area (Å²) in [6.45, 7) is 0. The topological polar surface area (TPSA) is 110 Å². The summed E-state index contributed by atoms with van der Waals surface area (Å²) < 4.78 is 27.4. The lowest BCUT2D eigenvalue weighted by Crippen LogP contribution is -2.27. The van der Waals surface area contributed by atoms with Crippen molar-refractivity contribution in [3.05, 3.63) is 63.7 Å². The smallest absolute Gasteiger partial charge is 0.269 e. The molecule has 0 heterocycles. The van der Waals surface area contributed by atoms with E-state index in [1.807, 2.05) is 0 Å². The minimum absolute atomic E-state index is 0.0224. The monoisotopic (exact) mass is 334 g/mol. The first-order valence-corrected chi connectivity index (χ1v) is 8.44. The van der Waals surface area contributed by atoms with E-state index in [0.29, 0.717) is 18.4 Å². The van der Waals surface area contributed by atoms with Crippen molar-refractivity contribution in [2.75, 3.05) is 0 Å². The van der Waals surface area contributed by atoms with Crippen LogP contribution in [0.4, 0.5) is 5.69 Å². The van der Waals surface area contributed by atoms with Gasteiger partial charge in [0.2, 0.25) is 10.0 Å². The first kappa shape index (κ1) is 15.4. The molecule has 0 amide bonds. The predicted molar refractivity (Wildman–Crippen MR) is 82.6 cm³/mol. The van der Waals surface area contributed by atoms with Crippen LogP contribution in [0.1, 0.15) is 23.6 Å². The van der Waals surface area contributed by atoms with Crippen molar-refractivity contribution in [1.82, 2.24) is 4.72 Å². The molecule has 120 valence electrons. The van der Waals surface area contributed by atoms with Crippen LogP contribution in [-0.4, -0.2) is 18.4 Å². The van der Waals surface area contributed by atoms with E-state index < -0.39 is 21.0 Å². The highest BCUT2D eigenvalue weighted by atomic mass is 32.2. The van der Waals surface area contributed by atoms with E-state index >= 15 is 0 Å². The molecule has 0 radical (unpaired) electrons. The number of nitro benzene ring substituents is 1. The third-order valence-corrected chi connectivity index (χ3v) is 5.35. The third kappa shape index (κ3) is 3.03. The van der Waals surface area contributed by atoms with Crippen LogP contribution in [0.2, 0.25) is 0 Å². The average molecular weight is 334 g/mol. The number of non-ortho nitro benzene ring substituents is 1. The summed E-state index contributed by atoms with van der Waals surface area (Å²) in [6.07, 6.45) is 1.21. The second-order valence-electron chi connectivity index (χ2n) is 5.35. The summed E-state index contributed by atoms with van der Waals surface area (Å²) in [6, 6.07) is 9.22. The van der Waals surface area contributed by atoms with Crippen LogP contribution < -0.4 is 4.72 Å². The van der Waals surface area contributed by atoms with Crippen LogP contribution in [-0.2, 0) is 16.4 Å². The predicted octanol–water partition coefficient (Wildman–Crippen LogP) is 2.27. The van der Waals surface area contributed by atoms with Gasteiger partial charge in [-0.3, -0.25) is 10.1 Å². The Morgan fingerprint density at radius 1 is 1.17 bits per heavy atom. The van der Waals surface area contributed by atoms with Gasteiger partial charge in [-0.25, -0.2) is 13.1 Å². The van der Waals surface area contributed by atoms with Crippen molar-refractivity contribution in [3.8, 4) is 5.75 Å². The second kappa shape index (κ2) is 5.64. The van der Waals surface area contributed by atoms with E-state index in [4.69, 9.17) is 0 Å². The molecule has 1 unspecified atom stereocenters. The Morgan fingerprint density at radius 3 is 2.52 bits per heavy atom. The Labute approximate surface area is 132 Å². The maximum Gasteiger partial charge on any atom is 0.269 e. The second-order valence-corrected chi connectivity index (χ2v) is 7.06. The number of fused-ring (bicyclic) bond motifs is 1. The summed E-state index contributed by atoms with van der Waals surface area (Å²) in [4.78, 5) is 10.4. The van der Waals surface area contributed by atoms with E-state index in [1.165, 1.54) is 36.4 Å². The first-order valence-electron chi connectivity index (χ1n) is 6.95. The normalized spacial score (nSPS) is 17.0. The molecule has 0 aromatic heterocycles. The highest BCUT2D eigenvalue weighted by Crippen LogP contribution is 2.34. The number of nitrogens with zero attached hydrogens (tertiary/aromatic N) is 1. The van der Waals surface area contributed by atoms with Gasteiger partial charge in [0.25, 0.3) is 5.69 Å². The third-order valence-electron chi connectivity index (χ3n) is 3.86. The van der Waals surface area contributed by atoms with Crippen LogP contribution in [0.5, 0.6) is 5.75 Å². The molecule has 23 heavy (non-hydrogen) atoms. The molecule has 2 N–H and O–H groups in total. The maximum atomic E-state index is 12.4. The fraction of sp³-hybridized carbons (Fsp3) is 0.200. The van der Waals surface area contributed by atoms with Gasteiger partial charge >= 0.3 is 0 Å². The molecule has 2 aromatic rings. The number of aryl methyl sites for hydroxylation is 1. The zero-order valence-corrected chi connectivity index (χ0v) is 12.8. The van der Waals surface area contributed by atoms with Gasteiger partial charge in [0.1, 0.15) is 5.75 Å². The van der Waals surface area contributed by atoms with Gasteiger partial charge in [-0.05, 0) is 48.2 Å². The van der Waals surface area contributed by atoms with Gasteiger partial charge in [-0.1, -0.05) is 6.07 Å². The average Bonchev–Trinajstić information content (AvgIpc) is 2.89. The van der Waals surface area contributed by atoms with Gasteiger partial charge in [0.15, 0.2) is 0 Å². The van der Waals surface area contributed by atoms with Crippen LogP contribution >= 0.6 is 0 Å². The Bertz CT molecular complexity index is 862. The Balaban J connectivity index is 1.89. The number of benzene rings is 2. The first-order chi connectivity index (χ1) is 10.9. The SMILES string of the molecule is O=[N+]([O-])c1ccc2c(c1)C(NS(=O)(=O)c1ccc(O)cc1)CC2. The lowest BCUT2D eigenvalue weighted by molar-refractivity contribution is -0.384. The Morgan fingerprint density at radius 2 is 1.87 bits per heavy atom. The fourth-order valence-corrected chi connectivity index (χ4v) is 3.96. The summed E-state index contributed by atoms with van der Waals surface area (Å²) in [5.41, 5.74) is 1.50.